The van der Waals surface area contributed by atoms with Gasteiger partial charge in [0.05, 0.1) is 6.54 Å². The maximum Gasteiger partial charge on any atom is 0.232 e. The SMILES string of the molecule is CC(=O)N(C#N)Cc1ccccc1I. The highest BCUT2D eigenvalue weighted by Crippen LogP contribution is 2.13. The quantitative estimate of drug-likeness (QED) is 0.477. The van der Waals surface area contributed by atoms with E-state index in [-0.39, 0.29) is 5.91 Å². The van der Waals surface area contributed by atoms with E-state index in [1.165, 1.54) is 6.92 Å². The third-order valence-electron chi connectivity index (χ3n) is 1.79. The summed E-state index contributed by atoms with van der Waals surface area (Å²) in [5, 5.41) is 8.70. The number of carbonyl (C=O) groups is 1. The molecule has 1 amide bonds. The average Bonchev–Trinajstić information content (AvgIpc) is 2.16. The largest absolute Gasteiger partial charge is 0.274 e. The van der Waals surface area contributed by atoms with Crippen molar-refractivity contribution in [3.63, 3.8) is 0 Å². The van der Waals surface area contributed by atoms with Crippen molar-refractivity contribution >= 4 is 28.5 Å². The highest BCUT2D eigenvalue weighted by molar-refractivity contribution is 14.1. The maximum atomic E-state index is 11.0. The van der Waals surface area contributed by atoms with Crippen LogP contribution in [0.5, 0.6) is 0 Å². The Bertz CT molecular complexity index is 384. The number of carbonyl (C=O) groups excluding carboxylic acids is 1. The fraction of sp³-hybridized carbons (Fsp3) is 0.200. The molecule has 0 aliphatic carbocycles. The molecule has 0 aliphatic rings. The van der Waals surface area contributed by atoms with Crippen LogP contribution in [0.25, 0.3) is 0 Å². The Labute approximate surface area is 96.5 Å². The highest BCUT2D eigenvalue weighted by atomic mass is 127. The number of hydrogen-bond donors (Lipinski definition) is 0. The number of nitriles is 1. The zero-order valence-corrected chi connectivity index (χ0v) is 9.85. The van der Waals surface area contributed by atoms with E-state index in [0.717, 1.165) is 14.0 Å². The van der Waals surface area contributed by atoms with Gasteiger partial charge in [0.25, 0.3) is 0 Å². The van der Waals surface area contributed by atoms with E-state index < -0.39 is 0 Å². The summed E-state index contributed by atoms with van der Waals surface area (Å²) in [6.07, 6.45) is 1.86. The molecule has 72 valence electrons. The van der Waals surface area contributed by atoms with Crippen LogP contribution in [-0.4, -0.2) is 10.8 Å². The van der Waals surface area contributed by atoms with Crippen molar-refractivity contribution in [1.82, 2.24) is 4.90 Å². The van der Waals surface area contributed by atoms with E-state index in [9.17, 15) is 4.79 Å². The van der Waals surface area contributed by atoms with Crippen LogP contribution in [0, 0.1) is 15.0 Å². The molecule has 1 aromatic carbocycles. The molecule has 0 bridgehead atoms. The first-order valence-electron chi connectivity index (χ1n) is 4.06. The molecule has 1 aromatic rings. The van der Waals surface area contributed by atoms with Gasteiger partial charge in [0.2, 0.25) is 5.91 Å². The van der Waals surface area contributed by atoms with Gasteiger partial charge in [-0.15, -0.1) is 0 Å². The van der Waals surface area contributed by atoms with Crippen molar-refractivity contribution in [2.45, 2.75) is 13.5 Å². The lowest BCUT2D eigenvalue weighted by atomic mass is 10.2. The van der Waals surface area contributed by atoms with Gasteiger partial charge in [0.15, 0.2) is 6.19 Å². The van der Waals surface area contributed by atoms with Gasteiger partial charge in [0, 0.05) is 10.5 Å². The van der Waals surface area contributed by atoms with Gasteiger partial charge in [0.1, 0.15) is 0 Å². The van der Waals surface area contributed by atoms with Crippen LogP contribution >= 0.6 is 22.6 Å². The molecule has 0 saturated carbocycles. The third-order valence-corrected chi connectivity index (χ3v) is 2.84. The van der Waals surface area contributed by atoms with E-state index in [4.69, 9.17) is 5.26 Å². The molecule has 0 aliphatic heterocycles. The van der Waals surface area contributed by atoms with Crippen molar-refractivity contribution in [3.8, 4) is 6.19 Å². The number of amides is 1. The molecule has 4 heteroatoms. The van der Waals surface area contributed by atoms with E-state index >= 15 is 0 Å². The lowest BCUT2D eigenvalue weighted by molar-refractivity contribution is -0.126. The molecule has 0 spiro atoms. The lowest BCUT2D eigenvalue weighted by Crippen LogP contribution is -2.22. The topological polar surface area (TPSA) is 44.1 Å². The summed E-state index contributed by atoms with van der Waals surface area (Å²) in [5.41, 5.74) is 0.991. The van der Waals surface area contributed by atoms with Crippen molar-refractivity contribution in [3.05, 3.63) is 33.4 Å². The number of rotatable bonds is 2. The first kappa shape index (κ1) is 11.0. The van der Waals surface area contributed by atoms with E-state index in [1.54, 1.807) is 0 Å². The average molecular weight is 300 g/mol. The second-order valence-electron chi connectivity index (χ2n) is 2.80. The van der Waals surface area contributed by atoms with E-state index in [0.29, 0.717) is 6.54 Å². The summed E-state index contributed by atoms with van der Waals surface area (Å²) in [7, 11) is 0. The minimum atomic E-state index is -0.229. The Morgan fingerprint density at radius 3 is 2.71 bits per heavy atom. The zero-order chi connectivity index (χ0) is 10.6. The predicted octanol–water partition coefficient (Wildman–Crippen LogP) is 2.12. The molecule has 14 heavy (non-hydrogen) atoms. The van der Waals surface area contributed by atoms with Crippen LogP contribution in [0.1, 0.15) is 12.5 Å². The number of benzene rings is 1. The van der Waals surface area contributed by atoms with E-state index in [1.807, 2.05) is 30.5 Å². The second kappa shape index (κ2) is 4.96. The Kier molecular flexibility index (Phi) is 3.89. The smallest absolute Gasteiger partial charge is 0.232 e. The van der Waals surface area contributed by atoms with Gasteiger partial charge < -0.3 is 0 Å². The molecule has 0 heterocycles. The van der Waals surface area contributed by atoms with Crippen LogP contribution in [0.15, 0.2) is 24.3 Å². The number of halogens is 1. The van der Waals surface area contributed by atoms with E-state index in [2.05, 4.69) is 22.6 Å². The normalized spacial score (nSPS) is 9.21. The predicted molar refractivity (Wildman–Crippen MR) is 61.0 cm³/mol. The minimum absolute atomic E-state index is 0.229. The lowest BCUT2D eigenvalue weighted by Gasteiger charge is -2.11. The Hall–Kier alpha value is -1.09. The third kappa shape index (κ3) is 2.70. The molecule has 0 atom stereocenters. The summed E-state index contributed by atoms with van der Waals surface area (Å²) in [6, 6.07) is 7.68. The van der Waals surface area contributed by atoms with Gasteiger partial charge in [-0.25, -0.2) is 4.90 Å². The minimum Gasteiger partial charge on any atom is -0.274 e. The van der Waals surface area contributed by atoms with Gasteiger partial charge in [-0.2, -0.15) is 5.26 Å². The van der Waals surface area contributed by atoms with Crippen molar-refractivity contribution in [1.29, 1.82) is 5.26 Å². The summed E-state index contributed by atoms with van der Waals surface area (Å²) in [6.45, 7) is 1.74. The summed E-state index contributed by atoms with van der Waals surface area (Å²) in [4.78, 5) is 12.1. The summed E-state index contributed by atoms with van der Waals surface area (Å²) in [5.74, 6) is -0.229. The van der Waals surface area contributed by atoms with Crippen LogP contribution in [0.2, 0.25) is 0 Å². The van der Waals surface area contributed by atoms with Crippen LogP contribution in [-0.2, 0) is 11.3 Å². The first-order valence-corrected chi connectivity index (χ1v) is 5.14. The molecule has 0 unspecified atom stereocenters. The maximum absolute atomic E-state index is 11.0. The molecule has 3 nitrogen and oxygen atoms in total. The molecule has 0 fully saturated rings. The number of nitrogens with zero attached hydrogens (tertiary/aromatic N) is 2. The monoisotopic (exact) mass is 300 g/mol. The summed E-state index contributed by atoms with van der Waals surface area (Å²) < 4.78 is 1.06. The zero-order valence-electron chi connectivity index (χ0n) is 7.70. The molecule has 0 N–H and O–H groups in total. The molecular weight excluding hydrogens is 291 g/mol. The first-order chi connectivity index (χ1) is 6.65. The van der Waals surface area contributed by atoms with Gasteiger partial charge in [-0.05, 0) is 34.2 Å². The van der Waals surface area contributed by atoms with Gasteiger partial charge >= 0.3 is 0 Å². The Balaban J connectivity index is 2.84. The standard InChI is InChI=1S/C10H9IN2O/c1-8(14)13(7-12)6-9-4-2-3-5-10(9)11/h2-5H,6H2,1H3. The highest BCUT2D eigenvalue weighted by Gasteiger charge is 2.09. The second-order valence-corrected chi connectivity index (χ2v) is 3.96. The van der Waals surface area contributed by atoms with Crippen LogP contribution in [0.3, 0.4) is 0 Å². The molecule has 1 rings (SSSR count). The van der Waals surface area contributed by atoms with Crippen LogP contribution in [0.4, 0.5) is 0 Å². The molecule has 0 aromatic heterocycles. The Morgan fingerprint density at radius 2 is 2.21 bits per heavy atom. The fourth-order valence-electron chi connectivity index (χ4n) is 1.01. The van der Waals surface area contributed by atoms with Gasteiger partial charge in [-0.1, -0.05) is 18.2 Å². The fourth-order valence-corrected chi connectivity index (χ4v) is 1.57. The van der Waals surface area contributed by atoms with Crippen LogP contribution < -0.4 is 0 Å². The van der Waals surface area contributed by atoms with Crippen molar-refractivity contribution in [2.24, 2.45) is 0 Å². The van der Waals surface area contributed by atoms with Crippen molar-refractivity contribution < 1.29 is 4.79 Å². The molecule has 0 saturated heterocycles. The van der Waals surface area contributed by atoms with Crippen molar-refractivity contribution in [2.75, 3.05) is 0 Å². The summed E-state index contributed by atoms with van der Waals surface area (Å²) >= 11 is 2.19. The molecular formula is C10H9IN2O. The van der Waals surface area contributed by atoms with Gasteiger partial charge in [-0.3, -0.25) is 4.79 Å². The Morgan fingerprint density at radius 1 is 1.57 bits per heavy atom. The molecule has 0 radical (unpaired) electrons. The number of hydrogen-bond acceptors (Lipinski definition) is 2.